The van der Waals surface area contributed by atoms with Crippen LogP contribution in [0.1, 0.15) is 27.8 Å². The molecular formula is C24H28N6O4S. The van der Waals surface area contributed by atoms with Crippen molar-refractivity contribution in [2.24, 2.45) is 5.73 Å². The van der Waals surface area contributed by atoms with Crippen LogP contribution >= 0.6 is 11.3 Å². The molecule has 1 aliphatic heterocycles. The first-order valence-electron chi connectivity index (χ1n) is 11.2. The van der Waals surface area contributed by atoms with E-state index in [0.29, 0.717) is 17.3 Å². The molecule has 2 aromatic carbocycles. The van der Waals surface area contributed by atoms with Gasteiger partial charge in [-0.2, -0.15) is 0 Å². The molecule has 11 heteroatoms. The van der Waals surface area contributed by atoms with E-state index in [1.807, 2.05) is 24.3 Å². The van der Waals surface area contributed by atoms with Crippen LogP contribution in [0, 0.1) is 0 Å². The molecule has 0 saturated carbocycles. The third-order valence-corrected chi connectivity index (χ3v) is 6.37. The number of likely N-dealkylation sites (N-methyl/N-ethyl adjacent to an activating group) is 1. The molecule has 10 nitrogen and oxygen atoms in total. The number of primary amides is 1. The predicted molar refractivity (Wildman–Crippen MR) is 137 cm³/mol. The van der Waals surface area contributed by atoms with Crippen LogP contribution in [0.5, 0.6) is 5.75 Å². The van der Waals surface area contributed by atoms with Crippen LogP contribution in [0.4, 0.5) is 21.5 Å². The summed E-state index contributed by atoms with van der Waals surface area (Å²) < 4.78 is 11.0. The van der Waals surface area contributed by atoms with E-state index in [2.05, 4.69) is 32.8 Å². The van der Waals surface area contributed by atoms with Crippen LogP contribution in [0.25, 0.3) is 0 Å². The van der Waals surface area contributed by atoms with Crippen LogP contribution in [0.15, 0.2) is 48.5 Å². The van der Waals surface area contributed by atoms with Gasteiger partial charge in [0.05, 0.1) is 13.7 Å². The van der Waals surface area contributed by atoms with Gasteiger partial charge in [0.15, 0.2) is 10.8 Å². The fourth-order valence-electron chi connectivity index (χ4n) is 3.71. The zero-order valence-electron chi connectivity index (χ0n) is 19.5. The van der Waals surface area contributed by atoms with Gasteiger partial charge >= 0.3 is 0 Å². The zero-order chi connectivity index (χ0) is 24.8. The van der Waals surface area contributed by atoms with Crippen LogP contribution in [0.3, 0.4) is 0 Å². The Morgan fingerprint density at radius 3 is 2.57 bits per heavy atom. The molecule has 0 bridgehead atoms. The first-order chi connectivity index (χ1) is 17.0. The molecule has 0 radical (unpaired) electrons. The third kappa shape index (κ3) is 5.88. The van der Waals surface area contributed by atoms with Gasteiger partial charge in [0.25, 0.3) is 11.8 Å². The molecular weight excluding hydrogens is 468 g/mol. The maximum Gasteiger partial charge on any atom is 0.270 e. The molecule has 0 spiro atoms. The molecule has 4 rings (SSSR count). The van der Waals surface area contributed by atoms with Gasteiger partial charge in [0.1, 0.15) is 17.0 Å². The molecule has 1 aliphatic rings. The molecule has 3 aromatic rings. The molecule has 1 atom stereocenters. The summed E-state index contributed by atoms with van der Waals surface area (Å²) >= 11 is 1.13. The molecule has 2 amide bonds. The summed E-state index contributed by atoms with van der Waals surface area (Å²) in [6.07, 6.45) is -0.0552. The Labute approximate surface area is 207 Å². The zero-order valence-corrected chi connectivity index (χ0v) is 20.4. The summed E-state index contributed by atoms with van der Waals surface area (Å²) in [5, 5.41) is 9.91. The Hall–Kier alpha value is -3.67. The van der Waals surface area contributed by atoms with Crippen molar-refractivity contribution in [1.29, 1.82) is 0 Å². The topological polar surface area (TPSA) is 131 Å². The number of hydrogen-bond donors (Lipinski definition) is 4. The Morgan fingerprint density at radius 2 is 1.97 bits per heavy atom. The van der Waals surface area contributed by atoms with E-state index in [9.17, 15) is 9.59 Å². The van der Waals surface area contributed by atoms with Gasteiger partial charge in [-0.05, 0) is 55.5 Å². The summed E-state index contributed by atoms with van der Waals surface area (Å²) in [4.78, 5) is 31.2. The highest BCUT2D eigenvalue weighted by Crippen LogP contribution is 2.31. The highest BCUT2D eigenvalue weighted by atomic mass is 32.1. The molecule has 0 aliphatic carbocycles. The van der Waals surface area contributed by atoms with E-state index in [0.717, 1.165) is 48.1 Å². The summed E-state index contributed by atoms with van der Waals surface area (Å²) in [5.41, 5.74) is 7.65. The minimum absolute atomic E-state index is 0.00455. The second-order valence-corrected chi connectivity index (χ2v) is 8.73. The number of carbonyl (C=O) groups is 2. The van der Waals surface area contributed by atoms with Crippen molar-refractivity contribution in [2.75, 3.05) is 48.9 Å². The minimum Gasteiger partial charge on any atom is -0.497 e. The maximum atomic E-state index is 12.9. The number of hydrogen-bond acceptors (Lipinski definition) is 9. The number of thiazole rings is 1. The molecule has 1 fully saturated rings. The van der Waals surface area contributed by atoms with Gasteiger partial charge in [-0.1, -0.05) is 11.3 Å². The number of anilines is 4. The average molecular weight is 497 g/mol. The monoisotopic (exact) mass is 496 g/mol. The molecule has 1 saturated heterocycles. The van der Waals surface area contributed by atoms with E-state index in [1.54, 1.807) is 31.4 Å². The maximum absolute atomic E-state index is 12.9. The summed E-state index contributed by atoms with van der Waals surface area (Å²) in [6.45, 7) is 5.07. The Kier molecular flexibility index (Phi) is 7.80. The molecule has 1 unspecified atom stereocenters. The molecule has 184 valence electrons. The minimum atomic E-state index is -0.727. The van der Waals surface area contributed by atoms with Crippen molar-refractivity contribution in [3.05, 3.63) is 59.8 Å². The SMILES string of the molecule is CCN(c1ccc(C(=O)Nc2sc(Nc3ccc(OC)cc3)nc2C(N)=O)cc1)C1CNCCO1. The lowest BCUT2D eigenvalue weighted by molar-refractivity contribution is 0.0272. The number of amides is 2. The first kappa shape index (κ1) is 24.5. The number of nitrogens with two attached hydrogens (primary N) is 1. The second kappa shape index (κ2) is 11.2. The number of nitrogens with one attached hydrogen (secondary N) is 3. The van der Waals surface area contributed by atoms with Crippen molar-refractivity contribution in [1.82, 2.24) is 10.3 Å². The van der Waals surface area contributed by atoms with Crippen LogP contribution < -0.4 is 31.3 Å². The average Bonchev–Trinajstić information content (AvgIpc) is 3.28. The molecule has 2 heterocycles. The van der Waals surface area contributed by atoms with Gasteiger partial charge in [0, 0.05) is 36.6 Å². The molecule has 5 N–H and O–H groups in total. The van der Waals surface area contributed by atoms with Crippen LogP contribution in [0.2, 0.25) is 0 Å². The number of methoxy groups -OCH3 is 1. The van der Waals surface area contributed by atoms with E-state index in [4.69, 9.17) is 15.2 Å². The van der Waals surface area contributed by atoms with E-state index >= 15 is 0 Å². The van der Waals surface area contributed by atoms with Crippen LogP contribution in [-0.2, 0) is 4.74 Å². The van der Waals surface area contributed by atoms with Crippen molar-refractivity contribution < 1.29 is 19.1 Å². The molecule has 35 heavy (non-hydrogen) atoms. The second-order valence-electron chi connectivity index (χ2n) is 7.73. The van der Waals surface area contributed by atoms with Crippen molar-refractivity contribution >= 4 is 44.7 Å². The number of aromatic nitrogens is 1. The smallest absolute Gasteiger partial charge is 0.270 e. The number of benzene rings is 2. The van der Waals surface area contributed by atoms with Crippen LogP contribution in [-0.4, -0.2) is 56.4 Å². The van der Waals surface area contributed by atoms with E-state index in [-0.39, 0.29) is 22.8 Å². The van der Waals surface area contributed by atoms with Gasteiger partial charge in [0.2, 0.25) is 0 Å². The van der Waals surface area contributed by atoms with Gasteiger partial charge in [-0.15, -0.1) is 0 Å². The lowest BCUT2D eigenvalue weighted by Crippen LogP contribution is -2.49. The lowest BCUT2D eigenvalue weighted by Gasteiger charge is -2.35. The Bertz CT molecular complexity index is 1160. The summed E-state index contributed by atoms with van der Waals surface area (Å²) in [6, 6.07) is 14.5. The third-order valence-electron chi connectivity index (χ3n) is 5.49. The summed E-state index contributed by atoms with van der Waals surface area (Å²) in [7, 11) is 1.59. The molecule has 1 aromatic heterocycles. The number of rotatable bonds is 9. The number of ether oxygens (including phenoxy) is 2. The Balaban J connectivity index is 1.46. The standard InChI is InChI=1S/C24H28N6O4S/c1-3-30(19-14-26-12-13-34-19)17-8-4-15(5-9-17)22(32)29-23-20(21(25)31)28-24(35-23)27-16-6-10-18(33-2)11-7-16/h4-11,19,26H,3,12-14H2,1-2H3,(H2,25,31)(H,27,28)(H,29,32). The van der Waals surface area contributed by atoms with Gasteiger partial charge in [-0.25, -0.2) is 4.98 Å². The predicted octanol–water partition coefficient (Wildman–Crippen LogP) is 3.02. The fraction of sp³-hybridized carbons (Fsp3) is 0.292. The summed E-state index contributed by atoms with van der Waals surface area (Å²) in [5.74, 6) is -0.372. The van der Waals surface area contributed by atoms with Gasteiger partial charge < -0.3 is 36.1 Å². The van der Waals surface area contributed by atoms with E-state index in [1.165, 1.54) is 0 Å². The lowest BCUT2D eigenvalue weighted by atomic mass is 10.1. The van der Waals surface area contributed by atoms with Gasteiger partial charge in [-0.3, -0.25) is 9.59 Å². The van der Waals surface area contributed by atoms with Crippen molar-refractivity contribution in [3.8, 4) is 5.75 Å². The van der Waals surface area contributed by atoms with E-state index < -0.39 is 5.91 Å². The fourth-order valence-corrected chi connectivity index (χ4v) is 4.59. The highest BCUT2D eigenvalue weighted by Gasteiger charge is 2.22. The number of nitrogens with zero attached hydrogens (tertiary/aromatic N) is 2. The Morgan fingerprint density at radius 1 is 1.23 bits per heavy atom. The normalized spacial score (nSPS) is 15.3. The number of carbonyl (C=O) groups excluding carboxylic acids is 2. The van der Waals surface area contributed by atoms with Crippen molar-refractivity contribution in [2.45, 2.75) is 13.2 Å². The first-order valence-corrected chi connectivity index (χ1v) is 12.0. The van der Waals surface area contributed by atoms with Crippen molar-refractivity contribution in [3.63, 3.8) is 0 Å². The number of morpholine rings is 1. The largest absolute Gasteiger partial charge is 0.497 e. The quantitative estimate of drug-likeness (QED) is 0.356. The highest BCUT2D eigenvalue weighted by molar-refractivity contribution is 7.20.